The highest BCUT2D eigenvalue weighted by Gasteiger charge is 2.22. The Bertz CT molecular complexity index is 698. The van der Waals surface area contributed by atoms with Crippen molar-refractivity contribution in [1.29, 1.82) is 0 Å². The molecule has 2 aromatic rings. The number of nitro benzene ring substituents is 1. The lowest BCUT2D eigenvalue weighted by atomic mass is 10.1. The number of nitrogens with zero attached hydrogens (tertiary/aromatic N) is 2. The first-order valence-electron chi connectivity index (χ1n) is 7.16. The van der Waals surface area contributed by atoms with E-state index in [0.717, 1.165) is 17.5 Å². The summed E-state index contributed by atoms with van der Waals surface area (Å²) in [6, 6.07) is 7.19. The summed E-state index contributed by atoms with van der Waals surface area (Å²) in [4.78, 5) is 10.7. The molecule has 0 saturated carbocycles. The van der Waals surface area contributed by atoms with Crippen LogP contribution in [0.5, 0.6) is 5.75 Å². The predicted octanol–water partition coefficient (Wildman–Crippen LogP) is 2.36. The number of hydrogen-bond donors (Lipinski definition) is 0. The van der Waals surface area contributed by atoms with Crippen LogP contribution in [0.1, 0.15) is 23.6 Å². The van der Waals surface area contributed by atoms with Gasteiger partial charge in [-0.3, -0.25) is 10.1 Å². The zero-order valence-corrected chi connectivity index (χ0v) is 12.3. The molecule has 114 valence electrons. The summed E-state index contributed by atoms with van der Waals surface area (Å²) < 4.78 is 12.7. The summed E-state index contributed by atoms with van der Waals surface area (Å²) in [6.45, 7) is 3.14. The number of fused-ring (bicyclic) bond motifs is 1. The van der Waals surface area contributed by atoms with Gasteiger partial charge in [-0.1, -0.05) is 6.92 Å². The summed E-state index contributed by atoms with van der Waals surface area (Å²) in [6.07, 6.45) is 4.93. The topological polar surface area (TPSA) is 65.5 Å². The first-order valence-corrected chi connectivity index (χ1v) is 7.16. The van der Waals surface area contributed by atoms with Gasteiger partial charge in [-0.15, -0.1) is 0 Å². The summed E-state index contributed by atoms with van der Waals surface area (Å²) in [5.41, 5.74) is 2.83. The molecule has 0 atom stereocenters. The van der Waals surface area contributed by atoms with E-state index >= 15 is 0 Å². The molecule has 0 amide bonds. The first kappa shape index (κ1) is 14.5. The second-order valence-electron chi connectivity index (χ2n) is 5.19. The third-order valence-corrected chi connectivity index (χ3v) is 3.70. The number of aryl methyl sites for hydroxylation is 1. The third kappa shape index (κ3) is 2.92. The first-order chi connectivity index (χ1) is 10.7. The van der Waals surface area contributed by atoms with Crippen LogP contribution in [0.4, 0.5) is 5.69 Å². The number of aromatic nitrogens is 1. The molecule has 0 N–H and O–H groups in total. The zero-order chi connectivity index (χ0) is 15.5. The second kappa shape index (κ2) is 6.11. The lowest BCUT2D eigenvalue weighted by Crippen LogP contribution is -2.34. The molecule has 6 heteroatoms. The van der Waals surface area contributed by atoms with E-state index in [-0.39, 0.29) is 17.4 Å². The Morgan fingerprint density at radius 2 is 2.09 bits per heavy atom. The van der Waals surface area contributed by atoms with E-state index in [1.165, 1.54) is 11.6 Å². The largest absolute Gasteiger partial charge is 0.467 e. The van der Waals surface area contributed by atoms with Gasteiger partial charge in [0, 0.05) is 29.8 Å². The molecule has 0 fully saturated rings. The Labute approximate surface area is 128 Å². The van der Waals surface area contributed by atoms with Crippen LogP contribution in [-0.4, -0.2) is 11.7 Å². The molecule has 0 saturated heterocycles. The molecule has 6 nitrogen and oxygen atoms in total. The second-order valence-corrected chi connectivity index (χ2v) is 5.19. The molecule has 1 aromatic carbocycles. The third-order valence-electron chi connectivity index (χ3n) is 3.70. The van der Waals surface area contributed by atoms with Gasteiger partial charge in [-0.2, -0.15) is 0 Å². The molecule has 1 aliphatic rings. The average Bonchev–Trinajstić information content (AvgIpc) is 2.55. The van der Waals surface area contributed by atoms with E-state index < -0.39 is 0 Å². The van der Waals surface area contributed by atoms with E-state index in [1.54, 1.807) is 6.07 Å². The molecule has 2 heterocycles. The van der Waals surface area contributed by atoms with Gasteiger partial charge in [-0.25, -0.2) is 4.57 Å². The highest BCUT2D eigenvalue weighted by atomic mass is 16.7. The van der Waals surface area contributed by atoms with Gasteiger partial charge in [0.05, 0.1) is 17.1 Å². The van der Waals surface area contributed by atoms with Gasteiger partial charge >= 0.3 is 0 Å². The number of ether oxygens (including phenoxy) is 2. The van der Waals surface area contributed by atoms with E-state index in [9.17, 15) is 10.1 Å². The van der Waals surface area contributed by atoms with Crippen LogP contribution >= 0.6 is 0 Å². The monoisotopic (exact) mass is 301 g/mol. The minimum absolute atomic E-state index is 0.0635. The summed E-state index contributed by atoms with van der Waals surface area (Å²) >= 11 is 0. The number of benzene rings is 1. The van der Waals surface area contributed by atoms with Gasteiger partial charge in [0.25, 0.3) is 5.69 Å². The Morgan fingerprint density at radius 1 is 1.32 bits per heavy atom. The Balaban J connectivity index is 1.97. The molecule has 1 aromatic heterocycles. The molecule has 3 rings (SSSR count). The minimum Gasteiger partial charge on any atom is -0.467 e. The van der Waals surface area contributed by atoms with Crippen molar-refractivity contribution in [3.05, 3.63) is 63.5 Å². The summed E-state index contributed by atoms with van der Waals surface area (Å²) in [5, 5.41) is 11.1. The molecule has 1 aliphatic heterocycles. The van der Waals surface area contributed by atoms with Gasteiger partial charge in [0.2, 0.25) is 0 Å². The van der Waals surface area contributed by atoms with Crippen LogP contribution in [0, 0.1) is 10.1 Å². The van der Waals surface area contributed by atoms with Gasteiger partial charge in [0.1, 0.15) is 5.75 Å². The van der Waals surface area contributed by atoms with Crippen molar-refractivity contribution >= 4 is 5.69 Å². The van der Waals surface area contributed by atoms with Crippen molar-refractivity contribution in [3.8, 4) is 5.75 Å². The van der Waals surface area contributed by atoms with Crippen LogP contribution < -0.4 is 9.30 Å². The number of hydrogen-bond acceptors (Lipinski definition) is 4. The van der Waals surface area contributed by atoms with Crippen LogP contribution in [-0.2, 0) is 24.3 Å². The molecular formula is C16H17N2O4+. The van der Waals surface area contributed by atoms with Crippen LogP contribution in [0.3, 0.4) is 0 Å². The van der Waals surface area contributed by atoms with E-state index in [4.69, 9.17) is 9.47 Å². The quantitative estimate of drug-likeness (QED) is 0.494. The van der Waals surface area contributed by atoms with E-state index in [2.05, 4.69) is 6.92 Å². The van der Waals surface area contributed by atoms with Crippen LogP contribution in [0.25, 0.3) is 0 Å². The van der Waals surface area contributed by atoms with Gasteiger partial charge in [-0.05, 0) is 12.0 Å². The van der Waals surface area contributed by atoms with Crippen LogP contribution in [0.15, 0.2) is 36.7 Å². The molecule has 22 heavy (non-hydrogen) atoms. The fourth-order valence-electron chi connectivity index (χ4n) is 2.53. The lowest BCUT2D eigenvalue weighted by Gasteiger charge is -2.19. The lowest BCUT2D eigenvalue weighted by molar-refractivity contribution is -0.688. The SMILES string of the molecule is CCc1cc[n+](Cc2cc([N+](=O)[O-])cc3c2OCOC3)cc1. The highest BCUT2D eigenvalue weighted by Crippen LogP contribution is 2.32. The Kier molecular flexibility index (Phi) is 4.02. The molecule has 0 bridgehead atoms. The van der Waals surface area contributed by atoms with Crippen molar-refractivity contribution in [2.24, 2.45) is 0 Å². The van der Waals surface area contributed by atoms with Crippen molar-refractivity contribution in [3.63, 3.8) is 0 Å². The van der Waals surface area contributed by atoms with E-state index in [0.29, 0.717) is 18.9 Å². The molecular weight excluding hydrogens is 284 g/mol. The van der Waals surface area contributed by atoms with Crippen molar-refractivity contribution in [1.82, 2.24) is 0 Å². The average molecular weight is 301 g/mol. The minimum atomic E-state index is -0.386. The molecule has 0 aliphatic carbocycles. The van der Waals surface area contributed by atoms with Crippen molar-refractivity contribution in [2.45, 2.75) is 26.5 Å². The molecule has 0 unspecified atom stereocenters. The normalized spacial score (nSPS) is 13.3. The highest BCUT2D eigenvalue weighted by molar-refractivity contribution is 5.50. The number of non-ortho nitro benzene ring substituents is 1. The molecule has 0 radical (unpaired) electrons. The maximum absolute atomic E-state index is 11.1. The van der Waals surface area contributed by atoms with Gasteiger partial charge < -0.3 is 9.47 Å². The standard InChI is InChI=1S/C16H17N2O4/c1-2-12-3-5-17(6-4-12)9-13-7-15(18(19)20)8-14-10-21-11-22-16(13)14/h3-8H,2,9-11H2,1H3/q+1. The van der Waals surface area contributed by atoms with Crippen molar-refractivity contribution < 1.29 is 19.0 Å². The Hall–Kier alpha value is -2.47. The predicted molar refractivity (Wildman–Crippen MR) is 78.5 cm³/mol. The zero-order valence-electron chi connectivity index (χ0n) is 12.3. The number of nitro groups is 1. The number of rotatable bonds is 4. The van der Waals surface area contributed by atoms with E-state index in [1.807, 2.05) is 29.1 Å². The smallest absolute Gasteiger partial charge is 0.270 e. The Morgan fingerprint density at radius 3 is 2.77 bits per heavy atom. The molecule has 0 spiro atoms. The fraction of sp³-hybridized carbons (Fsp3) is 0.312. The number of pyridine rings is 1. The fourth-order valence-corrected chi connectivity index (χ4v) is 2.53. The van der Waals surface area contributed by atoms with Crippen LogP contribution in [0.2, 0.25) is 0 Å². The maximum Gasteiger partial charge on any atom is 0.270 e. The van der Waals surface area contributed by atoms with Crippen molar-refractivity contribution in [2.75, 3.05) is 6.79 Å². The summed E-state index contributed by atoms with van der Waals surface area (Å²) in [7, 11) is 0. The summed E-state index contributed by atoms with van der Waals surface area (Å²) in [5.74, 6) is 0.698. The van der Waals surface area contributed by atoms with Gasteiger partial charge in [0.15, 0.2) is 25.7 Å². The maximum atomic E-state index is 11.1.